The lowest BCUT2D eigenvalue weighted by molar-refractivity contribution is -0.166. The molecule has 1 aliphatic rings. The van der Waals surface area contributed by atoms with Crippen molar-refractivity contribution < 1.29 is 14.3 Å². The summed E-state index contributed by atoms with van der Waals surface area (Å²) in [4.78, 5) is 33.8. The minimum atomic E-state index is -0.745. The molecule has 2 amide bonds. The molecule has 0 bridgehead atoms. The van der Waals surface area contributed by atoms with Crippen molar-refractivity contribution in [2.24, 2.45) is 7.05 Å². The van der Waals surface area contributed by atoms with Crippen LogP contribution < -0.4 is 0 Å². The van der Waals surface area contributed by atoms with Crippen molar-refractivity contribution in [1.82, 2.24) is 24.6 Å². The van der Waals surface area contributed by atoms with Crippen LogP contribution in [0, 0.1) is 6.92 Å². The fraction of sp³-hybridized carbons (Fsp3) is 0.529. The van der Waals surface area contributed by atoms with Gasteiger partial charge in [-0.3, -0.25) is 14.3 Å². The number of rotatable bonds is 5. The van der Waals surface area contributed by atoms with Gasteiger partial charge in [0.2, 0.25) is 5.91 Å². The Labute approximate surface area is 156 Å². The van der Waals surface area contributed by atoms with Gasteiger partial charge >= 0.3 is 0 Å². The van der Waals surface area contributed by atoms with Gasteiger partial charge in [-0.2, -0.15) is 5.10 Å². The van der Waals surface area contributed by atoms with Crippen molar-refractivity contribution in [3.8, 4) is 0 Å². The molecule has 0 N–H and O–H groups in total. The van der Waals surface area contributed by atoms with Crippen LogP contribution in [0.4, 0.5) is 0 Å². The minimum absolute atomic E-state index is 0.0941. The molecule has 3 heterocycles. The molecule has 0 saturated carbocycles. The number of aryl methyl sites for hydroxylation is 2. The van der Waals surface area contributed by atoms with Gasteiger partial charge in [0.25, 0.3) is 5.91 Å². The summed E-state index contributed by atoms with van der Waals surface area (Å²) in [7, 11) is 5.25. The minimum Gasteiger partial charge on any atom is -0.356 e. The van der Waals surface area contributed by atoms with Crippen LogP contribution in [0.25, 0.3) is 0 Å². The van der Waals surface area contributed by atoms with E-state index in [1.807, 2.05) is 19.3 Å². The lowest BCUT2D eigenvalue weighted by Crippen LogP contribution is -2.53. The third-order valence-electron chi connectivity index (χ3n) is 4.50. The van der Waals surface area contributed by atoms with E-state index < -0.39 is 12.1 Å². The second-order valence-electron chi connectivity index (χ2n) is 6.50. The zero-order chi connectivity index (χ0) is 18.8. The van der Waals surface area contributed by atoms with E-state index in [4.69, 9.17) is 4.74 Å². The molecule has 9 heteroatoms. The average molecular weight is 377 g/mol. The molecule has 140 valence electrons. The number of ether oxygens (including phenoxy) is 1. The summed E-state index contributed by atoms with van der Waals surface area (Å²) < 4.78 is 7.29. The van der Waals surface area contributed by atoms with Crippen LogP contribution in [0.15, 0.2) is 18.6 Å². The molecule has 1 fully saturated rings. The van der Waals surface area contributed by atoms with Crippen LogP contribution >= 0.6 is 11.3 Å². The third-order valence-corrected chi connectivity index (χ3v) is 5.47. The summed E-state index contributed by atoms with van der Waals surface area (Å²) in [6.07, 6.45) is 5.26. The summed E-state index contributed by atoms with van der Waals surface area (Å²) in [5, 5.41) is 5.16. The zero-order valence-corrected chi connectivity index (χ0v) is 16.2. The van der Waals surface area contributed by atoms with Gasteiger partial charge in [0.15, 0.2) is 6.10 Å². The Bertz CT molecular complexity index is 802. The number of thiazole rings is 1. The van der Waals surface area contributed by atoms with E-state index in [1.54, 1.807) is 53.2 Å². The van der Waals surface area contributed by atoms with Crippen LogP contribution in [0.1, 0.15) is 21.5 Å². The van der Waals surface area contributed by atoms with Crippen LogP contribution in [0.2, 0.25) is 0 Å². The van der Waals surface area contributed by atoms with Crippen molar-refractivity contribution >= 4 is 23.2 Å². The summed E-state index contributed by atoms with van der Waals surface area (Å²) in [5.74, 6) is -0.296. The number of carbonyl (C=O) groups is 2. The molecule has 3 rings (SSSR count). The Morgan fingerprint density at radius 3 is 2.81 bits per heavy atom. The monoisotopic (exact) mass is 377 g/mol. The molecule has 2 atom stereocenters. The Balaban J connectivity index is 1.73. The molecule has 0 spiro atoms. The van der Waals surface area contributed by atoms with Gasteiger partial charge in [-0.05, 0) is 6.92 Å². The Kier molecular flexibility index (Phi) is 5.38. The molecule has 0 aliphatic carbocycles. The quantitative estimate of drug-likeness (QED) is 0.769. The normalized spacial score (nSPS) is 20.5. The van der Waals surface area contributed by atoms with E-state index in [2.05, 4.69) is 10.1 Å². The molecule has 1 saturated heterocycles. The molecular weight excluding hydrogens is 354 g/mol. The second-order valence-corrected chi connectivity index (χ2v) is 7.82. The predicted molar refractivity (Wildman–Crippen MR) is 96.7 cm³/mol. The maximum Gasteiger partial charge on any atom is 0.254 e. The lowest BCUT2D eigenvalue weighted by Gasteiger charge is -2.38. The van der Waals surface area contributed by atoms with Crippen LogP contribution in [0.3, 0.4) is 0 Å². The smallest absolute Gasteiger partial charge is 0.254 e. The van der Waals surface area contributed by atoms with Gasteiger partial charge in [0.05, 0.1) is 17.2 Å². The van der Waals surface area contributed by atoms with E-state index in [9.17, 15) is 9.59 Å². The largest absolute Gasteiger partial charge is 0.356 e. The Morgan fingerprint density at radius 2 is 2.19 bits per heavy atom. The van der Waals surface area contributed by atoms with Crippen LogP contribution in [-0.4, -0.2) is 69.7 Å². The first-order valence-corrected chi connectivity index (χ1v) is 9.20. The van der Waals surface area contributed by atoms with E-state index >= 15 is 0 Å². The topological polar surface area (TPSA) is 80.6 Å². The highest BCUT2D eigenvalue weighted by atomic mass is 32.1. The van der Waals surface area contributed by atoms with Crippen molar-refractivity contribution in [1.29, 1.82) is 0 Å². The van der Waals surface area contributed by atoms with E-state index in [1.165, 1.54) is 0 Å². The standard InChI is InChI=1S/C17H23N5O3S/c1-11-7-18-13(26-11)5-6-20(2)17(24)16-15(12-8-19-21(3)9-12)22(4)14(23)10-25-16/h7-9,15-16H,5-6,10H2,1-4H3/t15-,16+/m0/s1. The van der Waals surface area contributed by atoms with Crippen molar-refractivity contribution in [3.63, 3.8) is 0 Å². The maximum absolute atomic E-state index is 13.0. The highest BCUT2D eigenvalue weighted by Crippen LogP contribution is 2.29. The first-order chi connectivity index (χ1) is 12.4. The highest BCUT2D eigenvalue weighted by Gasteiger charge is 2.41. The number of morpholine rings is 1. The number of hydrogen-bond donors (Lipinski definition) is 0. The molecule has 2 aromatic rings. The fourth-order valence-electron chi connectivity index (χ4n) is 3.02. The van der Waals surface area contributed by atoms with Crippen molar-refractivity contribution in [2.45, 2.75) is 25.5 Å². The zero-order valence-electron chi connectivity index (χ0n) is 15.4. The van der Waals surface area contributed by atoms with Crippen LogP contribution in [-0.2, 0) is 27.8 Å². The van der Waals surface area contributed by atoms with E-state index in [0.29, 0.717) is 13.0 Å². The molecule has 0 aromatic carbocycles. The Morgan fingerprint density at radius 1 is 1.42 bits per heavy atom. The maximum atomic E-state index is 13.0. The number of carbonyl (C=O) groups excluding carboxylic acids is 2. The third kappa shape index (κ3) is 3.78. The van der Waals surface area contributed by atoms with E-state index in [-0.39, 0.29) is 18.4 Å². The van der Waals surface area contributed by atoms with Gasteiger partial charge in [-0.15, -0.1) is 11.3 Å². The second kappa shape index (κ2) is 7.55. The SMILES string of the molecule is Cc1cnc(CCN(C)C(=O)[C@@H]2OCC(=O)N(C)[C@H]2c2cnn(C)c2)s1. The lowest BCUT2D eigenvalue weighted by atomic mass is 10.00. The molecule has 1 aliphatic heterocycles. The summed E-state index contributed by atoms with van der Waals surface area (Å²) in [6, 6.07) is -0.484. The highest BCUT2D eigenvalue weighted by molar-refractivity contribution is 7.11. The molecule has 0 radical (unpaired) electrons. The molecule has 8 nitrogen and oxygen atoms in total. The molecular formula is C17H23N5O3S. The van der Waals surface area contributed by atoms with Crippen LogP contribution in [0.5, 0.6) is 0 Å². The molecule has 2 aromatic heterocycles. The summed E-state index contributed by atoms with van der Waals surface area (Å²) >= 11 is 1.63. The first-order valence-electron chi connectivity index (χ1n) is 8.39. The average Bonchev–Trinajstić information content (AvgIpc) is 3.22. The van der Waals surface area contributed by atoms with Gasteiger partial charge < -0.3 is 14.5 Å². The van der Waals surface area contributed by atoms with Crippen molar-refractivity contribution in [3.05, 3.63) is 34.0 Å². The number of amides is 2. The van der Waals surface area contributed by atoms with Gasteiger partial charge in [-0.25, -0.2) is 4.98 Å². The molecule has 0 unspecified atom stereocenters. The summed E-state index contributed by atoms with van der Waals surface area (Å²) in [5.41, 5.74) is 0.783. The van der Waals surface area contributed by atoms with Gasteiger partial charge in [0, 0.05) is 56.9 Å². The number of likely N-dealkylation sites (N-methyl/N-ethyl adjacent to an activating group) is 2. The van der Waals surface area contributed by atoms with Crippen molar-refractivity contribution in [2.75, 3.05) is 27.2 Å². The number of nitrogens with zero attached hydrogens (tertiary/aromatic N) is 5. The number of aromatic nitrogens is 3. The Hall–Kier alpha value is -2.26. The number of hydrogen-bond acceptors (Lipinski definition) is 6. The molecule has 26 heavy (non-hydrogen) atoms. The van der Waals surface area contributed by atoms with Gasteiger partial charge in [0.1, 0.15) is 6.61 Å². The first kappa shape index (κ1) is 18.5. The van der Waals surface area contributed by atoms with Gasteiger partial charge in [-0.1, -0.05) is 0 Å². The summed E-state index contributed by atoms with van der Waals surface area (Å²) in [6.45, 7) is 2.46. The predicted octanol–water partition coefficient (Wildman–Crippen LogP) is 0.784. The fourth-order valence-corrected chi connectivity index (χ4v) is 3.79. The van der Waals surface area contributed by atoms with E-state index in [0.717, 1.165) is 15.4 Å².